The van der Waals surface area contributed by atoms with E-state index < -0.39 is 24.2 Å². The molecule has 218 valence electrons. The number of likely N-dealkylation sites (N-methyl/N-ethyl adjacent to an activating group) is 1. The smallest absolute Gasteiger partial charge is 0.355 e. The van der Waals surface area contributed by atoms with Crippen molar-refractivity contribution in [1.29, 1.82) is 0 Å². The van der Waals surface area contributed by atoms with Gasteiger partial charge in [-0.3, -0.25) is 19.3 Å². The lowest BCUT2D eigenvalue weighted by atomic mass is 9.93. The molecule has 2 rings (SSSR count). The monoisotopic (exact) mass is 564 g/mol. The number of terminal acetylenes is 1. The number of carbonyl (C=O) groups excluding carboxylic acids is 2. The summed E-state index contributed by atoms with van der Waals surface area (Å²) >= 11 is 1.05. The van der Waals surface area contributed by atoms with Crippen LogP contribution in [0.4, 0.5) is 0 Å². The molecule has 0 aromatic carbocycles. The summed E-state index contributed by atoms with van der Waals surface area (Å²) in [6.07, 6.45) is 8.79. The Hall–Kier alpha value is -2.52. The number of carboxylic acids is 1. The molecule has 1 aliphatic heterocycles. The minimum atomic E-state index is -1.17. The lowest BCUT2D eigenvalue weighted by Crippen LogP contribution is -2.58. The van der Waals surface area contributed by atoms with Crippen LogP contribution in [-0.2, 0) is 14.4 Å². The van der Waals surface area contributed by atoms with Gasteiger partial charge in [0.15, 0.2) is 5.69 Å². The van der Waals surface area contributed by atoms with Crippen LogP contribution < -0.4 is 5.32 Å². The van der Waals surface area contributed by atoms with Crippen LogP contribution in [0.1, 0.15) is 94.2 Å². The van der Waals surface area contributed by atoms with Gasteiger partial charge in [0.1, 0.15) is 17.2 Å². The fourth-order valence-corrected chi connectivity index (χ4v) is 5.43. The predicted molar refractivity (Wildman–Crippen MR) is 150 cm³/mol. The van der Waals surface area contributed by atoms with Crippen LogP contribution in [-0.4, -0.2) is 81.3 Å². The van der Waals surface area contributed by atoms with Crippen LogP contribution in [0.3, 0.4) is 0 Å². The van der Waals surface area contributed by atoms with Gasteiger partial charge < -0.3 is 15.5 Å². The lowest BCUT2D eigenvalue weighted by Gasteiger charge is -2.38. The van der Waals surface area contributed by atoms with Gasteiger partial charge in [-0.25, -0.2) is 14.8 Å². The number of likely N-dealkylation sites (tertiary alicyclic amines) is 1. The normalized spacial score (nSPS) is 19.1. The van der Waals surface area contributed by atoms with Gasteiger partial charge in [-0.2, -0.15) is 0 Å². The van der Waals surface area contributed by atoms with E-state index in [-0.39, 0.29) is 53.4 Å². The lowest BCUT2D eigenvalue weighted by molar-refractivity contribution is -0.212. The molecule has 10 nitrogen and oxygen atoms in total. The Balaban J connectivity index is 2.33. The largest absolute Gasteiger partial charge is 0.476 e. The van der Waals surface area contributed by atoms with Crippen LogP contribution in [0.2, 0.25) is 0 Å². The van der Waals surface area contributed by atoms with Crippen LogP contribution in [0.25, 0.3) is 0 Å². The Kier molecular flexibility index (Phi) is 13.3. The van der Waals surface area contributed by atoms with Crippen molar-refractivity contribution in [3.8, 4) is 12.3 Å². The maximum absolute atomic E-state index is 14.1. The highest BCUT2D eigenvalue weighted by molar-refractivity contribution is 7.09. The van der Waals surface area contributed by atoms with Gasteiger partial charge in [-0.05, 0) is 44.7 Å². The van der Waals surface area contributed by atoms with E-state index in [9.17, 15) is 24.6 Å². The molecule has 5 atom stereocenters. The fraction of sp³-hybridized carbons (Fsp3) is 0.714. The summed E-state index contributed by atoms with van der Waals surface area (Å²) in [5.74, 6) is 0.542. The molecular weight excluding hydrogens is 520 g/mol. The summed E-state index contributed by atoms with van der Waals surface area (Å²) in [4.78, 5) is 50.8. The average molecular weight is 565 g/mol. The zero-order valence-electron chi connectivity index (χ0n) is 23.8. The van der Waals surface area contributed by atoms with Crippen LogP contribution in [0.5, 0.6) is 0 Å². The maximum Gasteiger partial charge on any atom is 0.355 e. The SMILES string of the molecule is C#CCCCON(C(=O)[C@@H](NC(=O)C1CCCCN1C)[C@@H](C)CC)[C@H](C[C@@H](O)c1nc(C(=O)O)cs1)C(C)C. The number of nitrogens with one attached hydrogen (secondary N) is 1. The van der Waals surface area contributed by atoms with E-state index in [1.165, 1.54) is 10.4 Å². The summed E-state index contributed by atoms with van der Waals surface area (Å²) in [6, 6.07) is -1.68. The second-order valence-corrected chi connectivity index (χ2v) is 11.5. The third-order valence-electron chi connectivity index (χ3n) is 7.32. The van der Waals surface area contributed by atoms with Crippen molar-refractivity contribution in [3.05, 3.63) is 16.1 Å². The molecule has 2 amide bonds. The van der Waals surface area contributed by atoms with Crippen LogP contribution >= 0.6 is 11.3 Å². The first-order valence-electron chi connectivity index (χ1n) is 13.8. The number of hydroxylamine groups is 2. The van der Waals surface area contributed by atoms with E-state index in [4.69, 9.17) is 11.3 Å². The van der Waals surface area contributed by atoms with Crippen molar-refractivity contribution in [2.24, 2.45) is 11.8 Å². The number of rotatable bonds is 15. The highest BCUT2D eigenvalue weighted by Gasteiger charge is 2.39. The molecule has 1 saturated heterocycles. The molecule has 0 aliphatic carbocycles. The highest BCUT2D eigenvalue weighted by Crippen LogP contribution is 2.29. The van der Waals surface area contributed by atoms with Gasteiger partial charge >= 0.3 is 5.97 Å². The second kappa shape index (κ2) is 15.9. The molecule has 0 radical (unpaired) electrons. The number of aromatic nitrogens is 1. The van der Waals surface area contributed by atoms with E-state index >= 15 is 0 Å². The number of aliphatic hydroxyl groups is 1. The fourth-order valence-electron chi connectivity index (χ4n) is 4.64. The number of carbonyl (C=O) groups is 3. The van der Waals surface area contributed by atoms with E-state index in [1.54, 1.807) is 0 Å². The van der Waals surface area contributed by atoms with E-state index in [0.29, 0.717) is 19.3 Å². The number of carboxylic acid groups (broad SMARTS) is 1. The molecule has 2 heterocycles. The van der Waals surface area contributed by atoms with Gasteiger partial charge in [-0.15, -0.1) is 23.7 Å². The third kappa shape index (κ3) is 9.28. The molecule has 39 heavy (non-hydrogen) atoms. The number of unbranched alkanes of at least 4 members (excludes halogenated alkanes) is 1. The molecule has 0 spiro atoms. The molecule has 0 saturated carbocycles. The third-order valence-corrected chi connectivity index (χ3v) is 8.27. The zero-order chi connectivity index (χ0) is 29.1. The van der Waals surface area contributed by atoms with Gasteiger partial charge in [0, 0.05) is 18.2 Å². The van der Waals surface area contributed by atoms with Crippen molar-refractivity contribution in [2.45, 2.75) is 96.9 Å². The molecule has 1 unspecified atom stereocenters. The van der Waals surface area contributed by atoms with E-state index in [1.807, 2.05) is 39.6 Å². The summed E-state index contributed by atoms with van der Waals surface area (Å²) < 4.78 is 0. The van der Waals surface area contributed by atoms with Crippen molar-refractivity contribution in [2.75, 3.05) is 20.2 Å². The Morgan fingerprint density at radius 1 is 1.33 bits per heavy atom. The molecule has 1 aliphatic rings. The zero-order valence-corrected chi connectivity index (χ0v) is 24.6. The topological polar surface area (TPSA) is 132 Å². The number of hydrogen-bond donors (Lipinski definition) is 3. The molecule has 1 fully saturated rings. The van der Waals surface area contributed by atoms with Crippen molar-refractivity contribution in [1.82, 2.24) is 20.3 Å². The molecular formula is C28H44N4O6S. The standard InChI is InChI=1S/C28H44N4O6S/c1-7-9-12-15-38-32(22(18(3)4)16-23(33)26-29-20(17-39-26)28(36)37)27(35)24(19(5)8-2)30-25(34)21-13-10-11-14-31(21)6/h1,17-19,21-24,33H,8-16H2,2-6H3,(H,30,34)(H,36,37)/t19-,21?,22+,23+,24-/m0/s1. The number of hydrogen-bond acceptors (Lipinski definition) is 8. The Labute approximate surface area is 236 Å². The molecule has 1 aromatic rings. The van der Waals surface area contributed by atoms with Gasteiger partial charge in [0.25, 0.3) is 5.91 Å². The van der Waals surface area contributed by atoms with E-state index in [0.717, 1.165) is 37.1 Å². The van der Waals surface area contributed by atoms with Gasteiger partial charge in [0.05, 0.1) is 18.7 Å². The van der Waals surface area contributed by atoms with Gasteiger partial charge in [-0.1, -0.05) is 40.5 Å². The Bertz CT molecular complexity index is 993. The number of aliphatic hydroxyl groups excluding tert-OH is 1. The second-order valence-electron chi connectivity index (χ2n) is 10.6. The quantitative estimate of drug-likeness (QED) is 0.168. The molecule has 3 N–H and O–H groups in total. The van der Waals surface area contributed by atoms with Crippen molar-refractivity contribution in [3.63, 3.8) is 0 Å². The molecule has 11 heteroatoms. The predicted octanol–water partition coefficient (Wildman–Crippen LogP) is 3.48. The number of thiazole rings is 1. The minimum absolute atomic E-state index is 0.0810. The van der Waals surface area contributed by atoms with Crippen molar-refractivity contribution >= 4 is 29.1 Å². The van der Waals surface area contributed by atoms with E-state index in [2.05, 4.69) is 16.2 Å². The maximum atomic E-state index is 14.1. The number of amides is 2. The van der Waals surface area contributed by atoms with Crippen LogP contribution in [0, 0.1) is 24.2 Å². The summed E-state index contributed by atoms with van der Waals surface area (Å²) in [6.45, 7) is 8.75. The Morgan fingerprint density at radius 3 is 2.62 bits per heavy atom. The minimum Gasteiger partial charge on any atom is -0.476 e. The number of piperidine rings is 1. The first-order chi connectivity index (χ1) is 18.5. The average Bonchev–Trinajstić information content (AvgIpc) is 3.41. The first-order valence-corrected chi connectivity index (χ1v) is 14.7. The summed E-state index contributed by atoms with van der Waals surface area (Å²) in [5, 5.41) is 26.1. The molecule has 0 bridgehead atoms. The number of aromatic carboxylic acids is 1. The van der Waals surface area contributed by atoms with Gasteiger partial charge in [0.2, 0.25) is 5.91 Å². The summed E-state index contributed by atoms with van der Waals surface area (Å²) in [5.41, 5.74) is -0.138. The number of nitrogens with zero attached hydrogens (tertiary/aromatic N) is 3. The first kappa shape index (κ1) is 32.7. The van der Waals surface area contributed by atoms with Crippen LogP contribution in [0.15, 0.2) is 5.38 Å². The Morgan fingerprint density at radius 2 is 2.05 bits per heavy atom. The molecule has 1 aromatic heterocycles. The highest BCUT2D eigenvalue weighted by atomic mass is 32.1. The summed E-state index contributed by atoms with van der Waals surface area (Å²) in [7, 11) is 1.93. The van der Waals surface area contributed by atoms with Crippen molar-refractivity contribution < 1.29 is 29.4 Å².